The molecule has 0 saturated carbocycles. The van der Waals surface area contributed by atoms with E-state index in [0.717, 1.165) is 26.7 Å². The Labute approximate surface area is 372 Å². The van der Waals surface area contributed by atoms with Crippen molar-refractivity contribution in [2.75, 3.05) is 6.54 Å². The Morgan fingerprint density at radius 1 is 0.698 bits per heavy atom. The van der Waals surface area contributed by atoms with Crippen molar-refractivity contribution < 1.29 is 34.2 Å². The molecule has 4 aromatic carbocycles. The number of hydrogen-bond donors (Lipinski definition) is 7. The van der Waals surface area contributed by atoms with Gasteiger partial charge in [-0.05, 0) is 84.8 Å². The first kappa shape index (κ1) is 48.3. The number of aliphatic imine (C=N–C) groups is 2. The summed E-state index contributed by atoms with van der Waals surface area (Å²) in [5.41, 5.74) is 19.6. The predicted octanol–water partition coefficient (Wildman–Crippen LogP) is 4.63. The van der Waals surface area contributed by atoms with Gasteiger partial charge >= 0.3 is 11.9 Å². The number of hydrogen-bond acceptors (Lipinski definition) is 7. The van der Waals surface area contributed by atoms with Gasteiger partial charge in [-0.3, -0.25) is 24.2 Å². The van der Waals surface area contributed by atoms with E-state index in [-0.39, 0.29) is 30.7 Å². The molecule has 0 fully saturated rings. The Morgan fingerprint density at radius 2 is 1.24 bits per heavy atom. The minimum absolute atomic E-state index is 0.0205. The number of carbonyl (C=O) groups is 5. The number of halogens is 1. The molecule has 0 radical (unpaired) electrons. The average Bonchev–Trinajstić information content (AvgIpc) is 3.25. The number of carbonyl (C=O) groups excluding carboxylic acids is 3. The van der Waals surface area contributed by atoms with Crippen molar-refractivity contribution in [3.63, 3.8) is 0 Å². The first-order valence-electron chi connectivity index (χ1n) is 19.7. The summed E-state index contributed by atoms with van der Waals surface area (Å²) < 4.78 is 2.33. The minimum Gasteiger partial charge on any atom is -0.480 e. The summed E-state index contributed by atoms with van der Waals surface area (Å²) in [7, 11) is 0. The fraction of sp³-hybridized carbons (Fsp3) is 0.217. The zero-order valence-corrected chi connectivity index (χ0v) is 36.0. The summed E-state index contributed by atoms with van der Waals surface area (Å²) >= 11 is 3.36. The number of nitrogens with two attached hydrogens (primary N) is 3. The Kier molecular flexibility index (Phi) is 18.5. The molecule has 2 atom stereocenters. The maximum atomic E-state index is 12.7. The van der Waals surface area contributed by atoms with Crippen molar-refractivity contribution in [3.8, 4) is 0 Å². The maximum Gasteiger partial charge on any atom is 0.326 e. The van der Waals surface area contributed by atoms with Crippen molar-refractivity contribution in [2.24, 2.45) is 27.2 Å². The van der Waals surface area contributed by atoms with Crippen LogP contribution >= 0.6 is 15.9 Å². The van der Waals surface area contributed by atoms with E-state index >= 15 is 0 Å². The highest BCUT2D eigenvalue weighted by atomic mass is 79.9. The van der Waals surface area contributed by atoms with Gasteiger partial charge in [0.05, 0.1) is 12.4 Å². The highest BCUT2D eigenvalue weighted by Crippen LogP contribution is 2.32. The highest BCUT2D eigenvalue weighted by molar-refractivity contribution is 9.10. The van der Waals surface area contributed by atoms with Crippen molar-refractivity contribution in [3.05, 3.63) is 176 Å². The minimum atomic E-state index is -1.26. The maximum absolute atomic E-state index is 12.7. The number of amides is 3. The molecule has 5 aromatic rings. The number of carboxylic acid groups (broad SMARTS) is 2. The predicted molar refractivity (Wildman–Crippen MR) is 243 cm³/mol. The summed E-state index contributed by atoms with van der Waals surface area (Å²) in [6.45, 7) is 2.31. The van der Waals surface area contributed by atoms with E-state index in [9.17, 15) is 39.0 Å². The Bertz CT molecular complexity index is 2410. The number of benzene rings is 4. The molecule has 5 rings (SSSR count). The SMILES string of the molecule is CC(N)=NCCCC(NC(=O)c1cccn(Cc2ccc(Br)cc2)c1=O)C(=O)O.NC(N)=NC(=O)CCC(NC(=O)c1ccc(C(c2ccccc2)c2ccccc2)cc1)C(=O)O. The number of aromatic nitrogens is 1. The molecular formula is C46H49BrN8O8. The summed E-state index contributed by atoms with van der Waals surface area (Å²) in [6.07, 6.45) is 1.85. The molecule has 2 unspecified atom stereocenters. The monoisotopic (exact) mass is 920 g/mol. The summed E-state index contributed by atoms with van der Waals surface area (Å²) in [5.74, 6) is -4.35. The van der Waals surface area contributed by atoms with Crippen LogP contribution in [0.3, 0.4) is 0 Å². The quantitative estimate of drug-likeness (QED) is 0.0276. The van der Waals surface area contributed by atoms with Gasteiger partial charge in [0.2, 0.25) is 5.91 Å². The number of guanidine groups is 1. The van der Waals surface area contributed by atoms with E-state index in [4.69, 9.17) is 17.2 Å². The van der Waals surface area contributed by atoms with Crippen LogP contribution in [0.2, 0.25) is 0 Å². The zero-order valence-electron chi connectivity index (χ0n) is 34.4. The third kappa shape index (κ3) is 15.5. The molecule has 1 heterocycles. The molecular weight excluding hydrogens is 872 g/mol. The molecule has 0 aliphatic heterocycles. The molecule has 63 heavy (non-hydrogen) atoms. The molecule has 16 nitrogen and oxygen atoms in total. The van der Waals surface area contributed by atoms with Crippen LogP contribution in [0.4, 0.5) is 0 Å². The smallest absolute Gasteiger partial charge is 0.326 e. The summed E-state index contributed by atoms with van der Waals surface area (Å²) in [5, 5.41) is 23.7. The number of aliphatic carboxylic acids is 2. The van der Waals surface area contributed by atoms with Crippen molar-refractivity contribution in [1.29, 1.82) is 0 Å². The standard InChI is InChI=1S/C26H26N4O4.C20H23BrN4O4/c27-26(28)30-22(31)16-15-21(25(33)34)29-24(32)20-13-11-19(12-14-20)23(17-7-3-1-4-8-17)18-9-5-2-6-10-18;1-13(22)23-10-2-5-17(20(28)29)24-18(26)16-4-3-11-25(19(16)27)12-14-6-8-15(21)9-7-14/h1-14,21,23H,15-16H2,(H,29,32)(H,33,34)(H4,27,28,30,31);3-4,6-9,11,17H,2,5,10,12H2,1H3,(H2,22,23)(H,24,26)(H,28,29). The van der Waals surface area contributed by atoms with Crippen molar-refractivity contribution in [2.45, 2.75) is 57.2 Å². The molecule has 17 heteroatoms. The van der Waals surface area contributed by atoms with Gasteiger partial charge in [-0.25, -0.2) is 9.59 Å². The molecule has 0 aliphatic carbocycles. The lowest BCUT2D eigenvalue weighted by Crippen LogP contribution is -2.43. The normalized spacial score (nSPS) is 11.9. The van der Waals surface area contributed by atoms with Crippen LogP contribution < -0.4 is 33.4 Å². The largest absolute Gasteiger partial charge is 0.480 e. The van der Waals surface area contributed by atoms with Crippen LogP contribution in [0.25, 0.3) is 0 Å². The van der Waals surface area contributed by atoms with Gasteiger partial charge in [0.1, 0.15) is 17.6 Å². The molecule has 10 N–H and O–H groups in total. The van der Waals surface area contributed by atoms with Gasteiger partial charge in [-0.1, -0.05) is 101 Å². The average molecular weight is 922 g/mol. The molecule has 1 aromatic heterocycles. The Morgan fingerprint density at radius 3 is 1.78 bits per heavy atom. The van der Waals surface area contributed by atoms with Crippen molar-refractivity contribution in [1.82, 2.24) is 15.2 Å². The number of nitrogens with zero attached hydrogens (tertiary/aromatic N) is 3. The van der Waals surface area contributed by atoms with Gasteiger partial charge in [0.25, 0.3) is 17.4 Å². The Balaban J connectivity index is 0.000000280. The third-order valence-electron chi connectivity index (χ3n) is 9.42. The number of carboxylic acids is 2. The first-order chi connectivity index (χ1) is 30.1. The van der Waals surface area contributed by atoms with Gasteiger partial charge in [-0.2, -0.15) is 4.99 Å². The lowest BCUT2D eigenvalue weighted by Gasteiger charge is -2.19. The summed E-state index contributed by atoms with van der Waals surface area (Å²) in [4.78, 5) is 79.9. The van der Waals surface area contributed by atoms with Crippen LogP contribution in [0.1, 0.15) is 81.5 Å². The number of nitrogens with one attached hydrogen (secondary N) is 2. The second-order valence-corrected chi connectivity index (χ2v) is 15.1. The highest BCUT2D eigenvalue weighted by Gasteiger charge is 2.24. The topological polar surface area (TPSA) is 275 Å². The lowest BCUT2D eigenvalue weighted by molar-refractivity contribution is -0.140. The fourth-order valence-corrected chi connectivity index (χ4v) is 6.59. The van der Waals surface area contributed by atoms with E-state index in [1.807, 2.05) is 72.8 Å². The van der Waals surface area contributed by atoms with E-state index in [0.29, 0.717) is 30.9 Å². The van der Waals surface area contributed by atoms with E-state index in [2.05, 4.69) is 60.8 Å². The van der Waals surface area contributed by atoms with E-state index in [1.165, 1.54) is 10.6 Å². The lowest BCUT2D eigenvalue weighted by atomic mass is 9.85. The van der Waals surface area contributed by atoms with Gasteiger partial charge < -0.3 is 42.6 Å². The second-order valence-electron chi connectivity index (χ2n) is 14.2. The second kappa shape index (κ2) is 24.1. The molecule has 328 valence electrons. The van der Waals surface area contributed by atoms with Gasteiger partial charge in [0.15, 0.2) is 5.96 Å². The van der Waals surface area contributed by atoms with Crippen LogP contribution in [0, 0.1) is 0 Å². The third-order valence-corrected chi connectivity index (χ3v) is 9.95. The first-order valence-corrected chi connectivity index (χ1v) is 20.5. The van der Waals surface area contributed by atoms with Crippen LogP contribution in [0.5, 0.6) is 0 Å². The number of pyridine rings is 1. The van der Waals surface area contributed by atoms with Gasteiger partial charge in [-0.15, -0.1) is 0 Å². The number of rotatable bonds is 18. The molecule has 0 saturated heterocycles. The molecule has 0 bridgehead atoms. The van der Waals surface area contributed by atoms with Gasteiger partial charge in [0, 0.05) is 35.1 Å². The van der Waals surface area contributed by atoms with Crippen LogP contribution in [0.15, 0.2) is 147 Å². The van der Waals surface area contributed by atoms with Crippen molar-refractivity contribution >= 4 is 57.4 Å². The summed E-state index contributed by atoms with van der Waals surface area (Å²) in [6, 6.07) is 35.2. The molecule has 3 amide bonds. The molecule has 0 spiro atoms. The molecule has 0 aliphatic rings. The van der Waals surface area contributed by atoms with Crippen LogP contribution in [-0.4, -0.2) is 74.9 Å². The Hall–Kier alpha value is -7.40. The number of amidine groups is 1. The zero-order chi connectivity index (χ0) is 45.9. The fourth-order valence-electron chi connectivity index (χ4n) is 6.33. The van der Waals surface area contributed by atoms with Crippen LogP contribution in [-0.2, 0) is 20.9 Å². The van der Waals surface area contributed by atoms with E-state index in [1.54, 1.807) is 31.3 Å². The van der Waals surface area contributed by atoms with E-state index < -0.39 is 53.3 Å².